The Labute approximate surface area is 139 Å². The van der Waals surface area contributed by atoms with Crippen LogP contribution in [0.1, 0.15) is 29.6 Å². The van der Waals surface area contributed by atoms with Crippen LogP contribution in [0, 0.1) is 22.7 Å². The van der Waals surface area contributed by atoms with Gasteiger partial charge in [-0.15, -0.1) is 0 Å². The van der Waals surface area contributed by atoms with Crippen LogP contribution in [-0.2, 0) is 0 Å². The molecule has 0 saturated heterocycles. The van der Waals surface area contributed by atoms with Gasteiger partial charge in [0, 0.05) is 25.1 Å². The molecule has 1 aromatic carbocycles. The van der Waals surface area contributed by atoms with Crippen LogP contribution in [0.4, 0.5) is 0 Å². The molecule has 0 aliphatic carbocycles. The molecule has 0 unspecified atom stereocenters. The van der Waals surface area contributed by atoms with Gasteiger partial charge in [0.2, 0.25) is 0 Å². The minimum atomic E-state index is -0.284. The minimum Gasteiger partial charge on any atom is -0.489 e. The summed E-state index contributed by atoms with van der Waals surface area (Å²) in [7, 11) is 0. The van der Waals surface area contributed by atoms with Crippen molar-refractivity contribution in [3.63, 3.8) is 0 Å². The first-order chi connectivity index (χ1) is 11.2. The van der Waals surface area contributed by atoms with Gasteiger partial charge in [0.25, 0.3) is 5.91 Å². The predicted molar refractivity (Wildman–Crippen MR) is 83.4 cm³/mol. The molecule has 0 radical (unpaired) electrons. The number of nitriles is 2. The summed E-state index contributed by atoms with van der Waals surface area (Å²) in [5, 5.41) is 17.7. The van der Waals surface area contributed by atoms with Crippen molar-refractivity contribution in [2.75, 3.05) is 26.3 Å². The van der Waals surface area contributed by atoms with Gasteiger partial charge < -0.3 is 14.4 Å². The van der Waals surface area contributed by atoms with Crippen LogP contribution in [0.25, 0.3) is 0 Å². The molecular formula is C16H16ClN3O3. The molecule has 1 aromatic rings. The van der Waals surface area contributed by atoms with Crippen LogP contribution in [0.5, 0.6) is 11.5 Å². The van der Waals surface area contributed by atoms with Gasteiger partial charge in [0.05, 0.1) is 43.2 Å². The molecule has 1 aliphatic rings. The van der Waals surface area contributed by atoms with Gasteiger partial charge in [-0.25, -0.2) is 0 Å². The molecule has 0 bridgehead atoms. The number of halogens is 1. The van der Waals surface area contributed by atoms with E-state index in [4.69, 9.17) is 31.6 Å². The van der Waals surface area contributed by atoms with Crippen molar-refractivity contribution in [1.82, 2.24) is 4.90 Å². The molecule has 0 saturated carbocycles. The second-order valence-corrected chi connectivity index (χ2v) is 5.35. The first-order valence-corrected chi connectivity index (χ1v) is 7.67. The molecular weight excluding hydrogens is 318 g/mol. The molecule has 0 fully saturated rings. The van der Waals surface area contributed by atoms with Crippen LogP contribution in [-0.4, -0.2) is 37.1 Å². The predicted octanol–water partition coefficient (Wildman–Crippen LogP) is 2.77. The van der Waals surface area contributed by atoms with Crippen molar-refractivity contribution in [2.45, 2.75) is 19.3 Å². The Kier molecular flexibility index (Phi) is 6.08. The number of hydrogen-bond donors (Lipinski definition) is 0. The summed E-state index contributed by atoms with van der Waals surface area (Å²) < 4.78 is 11.1. The lowest BCUT2D eigenvalue weighted by molar-refractivity contribution is 0.0762. The summed E-state index contributed by atoms with van der Waals surface area (Å²) in [5.41, 5.74) is 0.357. The van der Waals surface area contributed by atoms with E-state index >= 15 is 0 Å². The van der Waals surface area contributed by atoms with E-state index in [0.29, 0.717) is 35.3 Å². The quantitative estimate of drug-likeness (QED) is 0.827. The molecule has 0 N–H and O–H groups in total. The van der Waals surface area contributed by atoms with Gasteiger partial charge in [0.1, 0.15) is 0 Å². The highest BCUT2D eigenvalue weighted by Gasteiger charge is 2.21. The number of ether oxygens (including phenoxy) is 2. The van der Waals surface area contributed by atoms with Gasteiger partial charge in [-0.1, -0.05) is 11.6 Å². The maximum absolute atomic E-state index is 12.6. The third kappa shape index (κ3) is 4.28. The van der Waals surface area contributed by atoms with E-state index in [1.165, 1.54) is 11.0 Å². The molecule has 6 nitrogen and oxygen atoms in total. The number of fused-ring (bicyclic) bond motifs is 1. The number of nitrogens with zero attached hydrogens (tertiary/aromatic N) is 3. The first kappa shape index (κ1) is 16.9. The third-order valence-corrected chi connectivity index (χ3v) is 3.60. The lowest BCUT2D eigenvalue weighted by atomic mass is 10.1. The summed E-state index contributed by atoms with van der Waals surface area (Å²) in [6.45, 7) is 1.54. The Balaban J connectivity index is 2.26. The molecule has 7 heteroatoms. The lowest BCUT2D eigenvalue weighted by Crippen LogP contribution is -2.32. The van der Waals surface area contributed by atoms with E-state index in [-0.39, 0.29) is 31.8 Å². The van der Waals surface area contributed by atoms with E-state index < -0.39 is 0 Å². The fourth-order valence-corrected chi connectivity index (χ4v) is 2.49. The minimum absolute atomic E-state index is 0.204. The zero-order valence-electron chi connectivity index (χ0n) is 12.5. The highest BCUT2D eigenvalue weighted by atomic mass is 35.5. The van der Waals surface area contributed by atoms with Crippen molar-refractivity contribution in [1.29, 1.82) is 10.5 Å². The van der Waals surface area contributed by atoms with E-state index in [1.54, 1.807) is 6.07 Å². The maximum Gasteiger partial charge on any atom is 0.254 e. The van der Waals surface area contributed by atoms with E-state index in [9.17, 15) is 4.79 Å². The monoisotopic (exact) mass is 333 g/mol. The third-order valence-electron chi connectivity index (χ3n) is 3.32. The molecule has 2 rings (SSSR count). The number of hydrogen-bond acceptors (Lipinski definition) is 5. The SMILES string of the molecule is N#CCCN(CCC#N)C(=O)c1cc(Cl)c2c(c1)OCCCO2. The Hall–Kier alpha value is -2.44. The fourth-order valence-electron chi connectivity index (χ4n) is 2.22. The standard InChI is InChI=1S/C16H16ClN3O3/c17-13-10-12(11-14-15(13)23-9-3-8-22-14)16(21)20(6-1-4-18)7-2-5-19/h10-11H,1-3,6-9H2. The van der Waals surface area contributed by atoms with Crippen LogP contribution in [0.2, 0.25) is 5.02 Å². The molecule has 1 aliphatic heterocycles. The number of carbonyl (C=O) groups excluding carboxylic acids is 1. The summed E-state index contributed by atoms with van der Waals surface area (Å²) in [6.07, 6.45) is 1.15. The van der Waals surface area contributed by atoms with E-state index in [2.05, 4.69) is 0 Å². The Morgan fingerprint density at radius 3 is 2.48 bits per heavy atom. The molecule has 1 heterocycles. The number of carbonyl (C=O) groups is 1. The molecule has 23 heavy (non-hydrogen) atoms. The van der Waals surface area contributed by atoms with Gasteiger partial charge in [-0.3, -0.25) is 4.79 Å². The van der Waals surface area contributed by atoms with Crippen LogP contribution in [0.15, 0.2) is 12.1 Å². The molecule has 0 aromatic heterocycles. The number of amides is 1. The summed E-state index contributed by atoms with van der Waals surface area (Å²) in [5.74, 6) is 0.605. The molecule has 120 valence electrons. The summed E-state index contributed by atoms with van der Waals surface area (Å²) >= 11 is 6.20. The van der Waals surface area contributed by atoms with Gasteiger partial charge in [-0.2, -0.15) is 10.5 Å². The normalized spacial score (nSPS) is 12.7. The van der Waals surface area contributed by atoms with Gasteiger partial charge in [0.15, 0.2) is 11.5 Å². The average molecular weight is 334 g/mol. The van der Waals surface area contributed by atoms with Crippen molar-refractivity contribution < 1.29 is 14.3 Å². The van der Waals surface area contributed by atoms with Gasteiger partial charge >= 0.3 is 0 Å². The fraction of sp³-hybridized carbons (Fsp3) is 0.438. The highest BCUT2D eigenvalue weighted by molar-refractivity contribution is 6.32. The van der Waals surface area contributed by atoms with Crippen molar-refractivity contribution >= 4 is 17.5 Å². The average Bonchev–Trinajstić information content (AvgIpc) is 2.80. The smallest absolute Gasteiger partial charge is 0.254 e. The second-order valence-electron chi connectivity index (χ2n) is 4.94. The van der Waals surface area contributed by atoms with Gasteiger partial charge in [-0.05, 0) is 12.1 Å². The van der Waals surface area contributed by atoms with Crippen LogP contribution < -0.4 is 9.47 Å². The van der Waals surface area contributed by atoms with E-state index in [1.807, 2.05) is 12.1 Å². The van der Waals surface area contributed by atoms with Crippen molar-refractivity contribution in [3.05, 3.63) is 22.7 Å². The Bertz CT molecular complexity index is 646. The largest absolute Gasteiger partial charge is 0.489 e. The maximum atomic E-state index is 12.6. The highest BCUT2D eigenvalue weighted by Crippen LogP contribution is 2.38. The number of rotatable bonds is 5. The lowest BCUT2D eigenvalue weighted by Gasteiger charge is -2.21. The van der Waals surface area contributed by atoms with Crippen LogP contribution in [0.3, 0.4) is 0 Å². The Morgan fingerprint density at radius 2 is 1.83 bits per heavy atom. The molecule has 1 amide bonds. The zero-order valence-corrected chi connectivity index (χ0v) is 13.3. The second kappa shape index (κ2) is 8.26. The van der Waals surface area contributed by atoms with E-state index in [0.717, 1.165) is 6.42 Å². The molecule has 0 spiro atoms. The summed E-state index contributed by atoms with van der Waals surface area (Å²) in [4.78, 5) is 14.1. The Morgan fingerprint density at radius 1 is 1.17 bits per heavy atom. The van der Waals surface area contributed by atoms with Crippen LogP contribution >= 0.6 is 11.6 Å². The topological polar surface area (TPSA) is 86.4 Å². The number of benzene rings is 1. The van der Waals surface area contributed by atoms with Crippen molar-refractivity contribution in [3.8, 4) is 23.6 Å². The summed E-state index contributed by atoms with van der Waals surface area (Å²) in [6, 6.07) is 7.13. The zero-order chi connectivity index (χ0) is 16.7. The first-order valence-electron chi connectivity index (χ1n) is 7.29. The van der Waals surface area contributed by atoms with Crippen molar-refractivity contribution in [2.24, 2.45) is 0 Å². The molecule has 0 atom stereocenters.